The second-order valence-electron chi connectivity index (χ2n) is 6.43. The van der Waals surface area contributed by atoms with E-state index in [0.717, 1.165) is 23.2 Å². The lowest BCUT2D eigenvalue weighted by Gasteiger charge is -2.13. The minimum atomic E-state index is 0. The molecular formula is C19H30IN5S. The summed E-state index contributed by atoms with van der Waals surface area (Å²) in [7, 11) is 4.10. The Morgan fingerprint density at radius 2 is 2.04 bits per heavy atom. The molecule has 144 valence electrons. The number of nitrogens with one attached hydrogen (secondary N) is 2. The average Bonchev–Trinajstić information content (AvgIpc) is 3.07. The molecule has 1 aromatic carbocycles. The minimum Gasteiger partial charge on any atom is -0.378 e. The first-order chi connectivity index (χ1) is 12.0. The number of rotatable bonds is 7. The second-order valence-corrected chi connectivity index (χ2v) is 7.38. The Kier molecular flexibility index (Phi) is 9.93. The van der Waals surface area contributed by atoms with Crippen LogP contribution in [-0.2, 0) is 13.1 Å². The summed E-state index contributed by atoms with van der Waals surface area (Å²) >= 11 is 1.70. The van der Waals surface area contributed by atoms with Crippen molar-refractivity contribution in [3.63, 3.8) is 0 Å². The number of hydrogen-bond acceptors (Lipinski definition) is 4. The van der Waals surface area contributed by atoms with Crippen LogP contribution in [0.5, 0.6) is 0 Å². The van der Waals surface area contributed by atoms with Crippen molar-refractivity contribution in [2.75, 3.05) is 25.5 Å². The van der Waals surface area contributed by atoms with Crippen LogP contribution in [0.2, 0.25) is 0 Å². The van der Waals surface area contributed by atoms with E-state index in [0.29, 0.717) is 19.0 Å². The van der Waals surface area contributed by atoms with E-state index in [1.807, 2.05) is 14.1 Å². The first-order valence-electron chi connectivity index (χ1n) is 8.72. The molecule has 0 amide bonds. The molecule has 7 heteroatoms. The maximum atomic E-state index is 4.69. The third-order valence-electron chi connectivity index (χ3n) is 3.76. The molecule has 0 fully saturated rings. The van der Waals surface area contributed by atoms with Gasteiger partial charge in [0, 0.05) is 31.7 Å². The zero-order valence-electron chi connectivity index (χ0n) is 16.2. The molecule has 0 unspecified atom stereocenters. The van der Waals surface area contributed by atoms with Crippen LogP contribution < -0.4 is 15.5 Å². The van der Waals surface area contributed by atoms with Crippen LogP contribution in [0.15, 0.2) is 34.6 Å². The van der Waals surface area contributed by atoms with Crippen molar-refractivity contribution in [3.05, 3.63) is 45.9 Å². The van der Waals surface area contributed by atoms with Crippen LogP contribution in [0.4, 0.5) is 5.69 Å². The van der Waals surface area contributed by atoms with Gasteiger partial charge in [0.05, 0.1) is 18.8 Å². The van der Waals surface area contributed by atoms with Crippen LogP contribution in [0.1, 0.15) is 43.0 Å². The van der Waals surface area contributed by atoms with Gasteiger partial charge in [-0.05, 0) is 30.5 Å². The first-order valence-corrected chi connectivity index (χ1v) is 9.60. The maximum absolute atomic E-state index is 4.69. The highest BCUT2D eigenvalue weighted by Gasteiger charge is 2.06. The van der Waals surface area contributed by atoms with Gasteiger partial charge >= 0.3 is 0 Å². The topological polar surface area (TPSA) is 52.6 Å². The van der Waals surface area contributed by atoms with Gasteiger partial charge in [-0.2, -0.15) is 0 Å². The Labute approximate surface area is 178 Å². The van der Waals surface area contributed by atoms with Crippen LogP contribution in [-0.4, -0.2) is 31.6 Å². The first kappa shape index (κ1) is 22.7. The average molecular weight is 487 g/mol. The molecule has 0 aliphatic rings. The van der Waals surface area contributed by atoms with Gasteiger partial charge < -0.3 is 15.5 Å². The van der Waals surface area contributed by atoms with Crippen molar-refractivity contribution in [2.45, 2.75) is 39.8 Å². The molecule has 0 spiro atoms. The number of hydrogen-bond donors (Lipinski definition) is 2. The van der Waals surface area contributed by atoms with Crippen molar-refractivity contribution < 1.29 is 0 Å². The van der Waals surface area contributed by atoms with Crippen molar-refractivity contribution in [3.8, 4) is 0 Å². The van der Waals surface area contributed by atoms with E-state index in [-0.39, 0.29) is 24.0 Å². The van der Waals surface area contributed by atoms with E-state index in [1.54, 1.807) is 11.3 Å². The number of benzene rings is 1. The van der Waals surface area contributed by atoms with E-state index in [2.05, 4.69) is 70.9 Å². The van der Waals surface area contributed by atoms with E-state index in [9.17, 15) is 0 Å². The zero-order valence-corrected chi connectivity index (χ0v) is 19.4. The summed E-state index contributed by atoms with van der Waals surface area (Å²) in [6, 6.07) is 8.45. The second kappa shape index (κ2) is 11.4. The van der Waals surface area contributed by atoms with E-state index >= 15 is 0 Å². The lowest BCUT2D eigenvalue weighted by Crippen LogP contribution is -2.36. The van der Waals surface area contributed by atoms with E-state index < -0.39 is 0 Å². The Balaban J connectivity index is 0.00000338. The number of nitrogens with zero attached hydrogens (tertiary/aromatic N) is 3. The molecule has 2 aromatic rings. The Morgan fingerprint density at radius 1 is 1.27 bits per heavy atom. The number of thiazole rings is 1. The predicted octanol–water partition coefficient (Wildman–Crippen LogP) is 4.21. The quantitative estimate of drug-likeness (QED) is 0.349. The normalized spacial score (nSPS) is 11.2. The van der Waals surface area contributed by atoms with E-state index in [4.69, 9.17) is 4.99 Å². The Bertz CT molecular complexity index is 697. The van der Waals surface area contributed by atoms with Gasteiger partial charge in [-0.1, -0.05) is 26.0 Å². The summed E-state index contributed by atoms with van der Waals surface area (Å²) in [4.78, 5) is 11.5. The maximum Gasteiger partial charge on any atom is 0.191 e. The zero-order chi connectivity index (χ0) is 18.2. The largest absolute Gasteiger partial charge is 0.378 e. The molecule has 1 heterocycles. The number of aliphatic imine (C=N–C) groups is 1. The van der Waals surface area contributed by atoms with Crippen LogP contribution in [0, 0.1) is 0 Å². The Morgan fingerprint density at radius 3 is 2.65 bits per heavy atom. The van der Waals surface area contributed by atoms with Crippen LogP contribution in [0.25, 0.3) is 0 Å². The SMILES string of the molecule is CCNC(=NCc1cccc(N(C)C)c1)NCc1nc(C(C)C)cs1.I. The molecular weight excluding hydrogens is 457 g/mol. The molecule has 5 nitrogen and oxygen atoms in total. The fourth-order valence-corrected chi connectivity index (χ4v) is 3.17. The standard InChI is InChI=1S/C19H29N5S.HI/c1-6-20-19(22-12-18-23-17(13-25-18)14(2)3)21-11-15-8-7-9-16(10-15)24(4)5;/h7-10,13-14H,6,11-12H2,1-5H3,(H2,20,21,22);1H. The summed E-state index contributed by atoms with van der Waals surface area (Å²) < 4.78 is 0. The number of guanidine groups is 1. The number of halogens is 1. The highest BCUT2D eigenvalue weighted by Crippen LogP contribution is 2.17. The fourth-order valence-electron chi connectivity index (χ4n) is 2.28. The van der Waals surface area contributed by atoms with Gasteiger partial charge in [0.1, 0.15) is 5.01 Å². The molecule has 0 radical (unpaired) electrons. The van der Waals surface area contributed by atoms with Crippen LogP contribution >= 0.6 is 35.3 Å². The van der Waals surface area contributed by atoms with Gasteiger partial charge in [-0.3, -0.25) is 0 Å². The Hall–Kier alpha value is -1.35. The number of anilines is 1. The van der Waals surface area contributed by atoms with Gasteiger partial charge in [0.25, 0.3) is 0 Å². The molecule has 0 aliphatic carbocycles. The van der Waals surface area contributed by atoms with Crippen molar-refractivity contribution in [1.29, 1.82) is 0 Å². The smallest absolute Gasteiger partial charge is 0.191 e. The van der Waals surface area contributed by atoms with Crippen LogP contribution in [0.3, 0.4) is 0 Å². The molecule has 0 aliphatic heterocycles. The lowest BCUT2D eigenvalue weighted by molar-refractivity contribution is 0.788. The summed E-state index contributed by atoms with van der Waals surface area (Å²) in [5.74, 6) is 1.29. The molecule has 1 aromatic heterocycles. The highest BCUT2D eigenvalue weighted by atomic mass is 127. The number of aromatic nitrogens is 1. The third-order valence-corrected chi connectivity index (χ3v) is 4.63. The highest BCUT2D eigenvalue weighted by molar-refractivity contribution is 14.0. The fraction of sp³-hybridized carbons (Fsp3) is 0.474. The molecule has 2 rings (SSSR count). The van der Waals surface area contributed by atoms with Gasteiger partial charge in [0.15, 0.2) is 5.96 Å². The summed E-state index contributed by atoms with van der Waals surface area (Å²) in [6.45, 7) is 8.58. The predicted molar refractivity (Wildman–Crippen MR) is 124 cm³/mol. The van der Waals surface area contributed by atoms with Crippen molar-refractivity contribution in [1.82, 2.24) is 15.6 Å². The third kappa shape index (κ3) is 7.11. The van der Waals surface area contributed by atoms with Crippen molar-refractivity contribution in [2.24, 2.45) is 4.99 Å². The summed E-state index contributed by atoms with van der Waals surface area (Å²) in [5.41, 5.74) is 3.54. The molecule has 26 heavy (non-hydrogen) atoms. The summed E-state index contributed by atoms with van der Waals surface area (Å²) in [6.07, 6.45) is 0. The molecule has 0 bridgehead atoms. The molecule has 0 atom stereocenters. The van der Waals surface area contributed by atoms with Crippen molar-refractivity contribution >= 4 is 47.0 Å². The van der Waals surface area contributed by atoms with Gasteiger partial charge in [-0.15, -0.1) is 35.3 Å². The van der Waals surface area contributed by atoms with Gasteiger partial charge in [-0.25, -0.2) is 9.98 Å². The lowest BCUT2D eigenvalue weighted by atomic mass is 10.2. The molecule has 2 N–H and O–H groups in total. The van der Waals surface area contributed by atoms with Gasteiger partial charge in [0.2, 0.25) is 0 Å². The van der Waals surface area contributed by atoms with E-state index in [1.165, 1.54) is 11.3 Å². The molecule has 0 saturated carbocycles. The molecule has 0 saturated heterocycles. The summed E-state index contributed by atoms with van der Waals surface area (Å²) in [5, 5.41) is 9.89. The monoisotopic (exact) mass is 487 g/mol. The minimum absolute atomic E-state index is 0.